The van der Waals surface area contributed by atoms with Gasteiger partial charge in [0, 0.05) is 66.6 Å². The van der Waals surface area contributed by atoms with Crippen molar-refractivity contribution in [3.63, 3.8) is 0 Å². The Kier molecular flexibility index (Phi) is 6.59. The number of esters is 4. The fourth-order valence-corrected chi connectivity index (χ4v) is 9.58. The number of hydrogen-bond acceptors (Lipinski definition) is 10. The largest absolute Gasteiger partial charge is 0.459 e. The van der Waals surface area contributed by atoms with Crippen LogP contribution in [0.25, 0.3) is 0 Å². The highest BCUT2D eigenvalue weighted by molar-refractivity contribution is 6.09. The fraction of sp³-hybridized carbons (Fsp3) is 0.645. The first-order valence-corrected chi connectivity index (χ1v) is 13.9. The van der Waals surface area contributed by atoms with Gasteiger partial charge < -0.3 is 24.1 Å². The van der Waals surface area contributed by atoms with Gasteiger partial charge >= 0.3 is 23.9 Å². The van der Waals surface area contributed by atoms with Crippen molar-refractivity contribution < 1.29 is 48.0 Å². The second-order valence-electron chi connectivity index (χ2n) is 13.3. The van der Waals surface area contributed by atoms with Crippen molar-refractivity contribution >= 4 is 29.7 Å². The van der Waals surface area contributed by atoms with Crippen molar-refractivity contribution in [1.29, 1.82) is 0 Å². The van der Waals surface area contributed by atoms with E-state index in [4.69, 9.17) is 18.9 Å². The van der Waals surface area contributed by atoms with Crippen molar-refractivity contribution in [2.24, 2.45) is 39.4 Å². The van der Waals surface area contributed by atoms with Gasteiger partial charge in [0.15, 0.2) is 5.78 Å². The summed E-state index contributed by atoms with van der Waals surface area (Å²) in [6, 6.07) is 0. The van der Waals surface area contributed by atoms with Crippen LogP contribution in [0.2, 0.25) is 0 Å². The zero-order chi connectivity index (χ0) is 30.4. The summed E-state index contributed by atoms with van der Waals surface area (Å²) in [7, 11) is 1.50. The molecule has 0 unspecified atom stereocenters. The lowest BCUT2D eigenvalue weighted by Crippen LogP contribution is -2.75. The van der Waals surface area contributed by atoms with Crippen LogP contribution in [0.4, 0.5) is 0 Å². The van der Waals surface area contributed by atoms with Crippen LogP contribution >= 0.6 is 0 Å². The average Bonchev–Trinajstić information content (AvgIpc) is 3.38. The summed E-state index contributed by atoms with van der Waals surface area (Å²) in [5, 5.41) is 12.1. The Morgan fingerprint density at radius 1 is 0.951 bits per heavy atom. The molecule has 4 aliphatic carbocycles. The maximum absolute atomic E-state index is 13.2. The monoisotopic (exact) mass is 570 g/mol. The quantitative estimate of drug-likeness (QED) is 0.232. The lowest BCUT2D eigenvalue weighted by atomic mass is 9.36. The molecule has 10 atom stereocenters. The normalized spacial score (nSPS) is 44.2. The molecule has 2 saturated carbocycles. The molecule has 0 aromatic carbocycles. The molecule has 0 bridgehead atoms. The van der Waals surface area contributed by atoms with Gasteiger partial charge in [-0.25, -0.2) is 9.59 Å². The second kappa shape index (κ2) is 9.19. The summed E-state index contributed by atoms with van der Waals surface area (Å²) in [5.74, 6) is -4.73. The minimum Gasteiger partial charge on any atom is -0.459 e. The Hall–Kier alpha value is -3.11. The van der Waals surface area contributed by atoms with Gasteiger partial charge in [-0.3, -0.25) is 14.4 Å². The number of ketones is 1. The number of hydrogen-bond donors (Lipinski definition) is 1. The van der Waals surface area contributed by atoms with Gasteiger partial charge in [-0.05, 0) is 17.9 Å². The van der Waals surface area contributed by atoms with E-state index in [0.29, 0.717) is 6.42 Å². The Morgan fingerprint density at radius 3 is 2.10 bits per heavy atom. The number of ether oxygens (including phenoxy) is 4. The predicted octanol–water partition coefficient (Wildman–Crippen LogP) is 2.63. The van der Waals surface area contributed by atoms with Crippen LogP contribution in [0.5, 0.6) is 0 Å². The Labute approximate surface area is 239 Å². The molecule has 0 spiro atoms. The second-order valence-corrected chi connectivity index (χ2v) is 13.3. The van der Waals surface area contributed by atoms with E-state index in [0.717, 1.165) is 5.57 Å². The van der Waals surface area contributed by atoms with Crippen LogP contribution in [-0.4, -0.2) is 66.3 Å². The summed E-state index contributed by atoms with van der Waals surface area (Å²) in [6.45, 7) is 11.8. The van der Waals surface area contributed by atoms with Crippen LogP contribution < -0.4 is 0 Å². The molecule has 1 aliphatic heterocycles. The van der Waals surface area contributed by atoms with E-state index in [1.807, 2.05) is 32.9 Å². The summed E-state index contributed by atoms with van der Waals surface area (Å²) >= 11 is 0. The number of carbonyl (C=O) groups is 5. The predicted molar refractivity (Wildman–Crippen MR) is 143 cm³/mol. The number of aliphatic hydroxyl groups excluding tert-OH is 1. The highest BCUT2D eigenvalue weighted by Crippen LogP contribution is 2.73. The van der Waals surface area contributed by atoms with Crippen LogP contribution in [0.3, 0.4) is 0 Å². The van der Waals surface area contributed by atoms with Gasteiger partial charge in [-0.1, -0.05) is 52.3 Å². The molecule has 0 amide bonds. The molecular weight excluding hydrogens is 532 g/mol. The molecule has 222 valence electrons. The minimum absolute atomic E-state index is 0.159. The van der Waals surface area contributed by atoms with Gasteiger partial charge in [-0.2, -0.15) is 0 Å². The zero-order valence-electron chi connectivity index (χ0n) is 24.7. The first-order chi connectivity index (χ1) is 19.0. The molecule has 1 N–H and O–H groups in total. The van der Waals surface area contributed by atoms with Crippen LogP contribution in [-0.2, 0) is 42.9 Å². The van der Waals surface area contributed by atoms with E-state index in [-0.39, 0.29) is 11.4 Å². The average molecular weight is 571 g/mol. The third-order valence-corrected chi connectivity index (χ3v) is 10.8. The summed E-state index contributed by atoms with van der Waals surface area (Å²) in [6.07, 6.45) is 2.64. The minimum atomic E-state index is -1.25. The lowest BCUT2D eigenvalue weighted by molar-refractivity contribution is -0.271. The first kappa shape index (κ1) is 29.4. The molecule has 10 nitrogen and oxygen atoms in total. The molecule has 0 saturated heterocycles. The molecule has 0 aromatic heterocycles. The van der Waals surface area contributed by atoms with E-state index in [1.54, 1.807) is 13.8 Å². The van der Waals surface area contributed by atoms with Crippen molar-refractivity contribution in [2.45, 2.75) is 79.3 Å². The fourth-order valence-electron chi connectivity index (χ4n) is 9.58. The third kappa shape index (κ3) is 3.72. The molecule has 5 aliphatic rings. The van der Waals surface area contributed by atoms with E-state index in [2.05, 4.69) is 0 Å². The van der Waals surface area contributed by atoms with Crippen LogP contribution in [0.1, 0.15) is 54.9 Å². The van der Waals surface area contributed by atoms with E-state index in [9.17, 15) is 29.1 Å². The lowest BCUT2D eigenvalue weighted by Gasteiger charge is -2.70. The first-order valence-electron chi connectivity index (χ1n) is 13.9. The topological polar surface area (TPSA) is 143 Å². The van der Waals surface area contributed by atoms with Crippen LogP contribution in [0, 0.1) is 39.4 Å². The number of carbonyl (C=O) groups excluding carboxylic acids is 5. The number of fused-ring (bicyclic) bond motifs is 5. The standard InChI is InChI=1S/C31H38O10/c1-14(32)39-25-21(36)23-28(3,4)19(34)11-12-29(23,5)24-22(38-8)26(40-15(2)33)30(6)17(9-10-18(30)31(24,25)7)16-13-20(35)41-27(16)37/h10-13,17,21-26,36H,9H2,1-8H3/t17-,21+,22-,23-,24+,25+,26-,29-,30-,31-/m0/s1. The SMILES string of the molecule is CO[C@H]1[C@@H]2[C@@]3(C)C=CC(=O)C(C)(C)[C@@H]3[C@@H](O)[C@@H](OC(C)=O)[C@@]2(C)C2=CC[C@@H](C3=CC(=O)OC3=O)[C@]2(C)[C@H]1OC(C)=O. The number of allylic oxidation sites excluding steroid dienone is 3. The highest BCUT2D eigenvalue weighted by Gasteiger charge is 2.77. The molecule has 2 fully saturated rings. The Morgan fingerprint density at radius 2 is 1.56 bits per heavy atom. The van der Waals surface area contributed by atoms with Gasteiger partial charge in [0.25, 0.3) is 0 Å². The zero-order valence-corrected chi connectivity index (χ0v) is 24.7. The summed E-state index contributed by atoms with van der Waals surface area (Å²) < 4.78 is 23.1. The van der Waals surface area contributed by atoms with E-state index < -0.39 is 87.7 Å². The van der Waals surface area contributed by atoms with Crippen molar-refractivity contribution in [3.8, 4) is 0 Å². The number of rotatable bonds is 4. The van der Waals surface area contributed by atoms with Gasteiger partial charge in [0.1, 0.15) is 12.2 Å². The Bertz CT molecular complexity index is 1340. The van der Waals surface area contributed by atoms with Crippen LogP contribution in [0.15, 0.2) is 35.5 Å². The smallest absolute Gasteiger partial charge is 0.342 e. The van der Waals surface area contributed by atoms with E-state index >= 15 is 0 Å². The molecule has 41 heavy (non-hydrogen) atoms. The van der Waals surface area contributed by atoms with Crippen molar-refractivity contribution in [2.75, 3.05) is 7.11 Å². The molecule has 10 heteroatoms. The third-order valence-electron chi connectivity index (χ3n) is 10.8. The molecule has 5 rings (SSSR count). The molecule has 0 aromatic rings. The maximum Gasteiger partial charge on any atom is 0.342 e. The molecular formula is C31H38O10. The van der Waals surface area contributed by atoms with Gasteiger partial charge in [0.05, 0.1) is 12.2 Å². The number of cyclic esters (lactones) is 2. The van der Waals surface area contributed by atoms with Crippen molar-refractivity contribution in [1.82, 2.24) is 0 Å². The summed E-state index contributed by atoms with van der Waals surface area (Å²) in [5.41, 5.74) is -3.25. The molecule has 0 radical (unpaired) electrons. The van der Waals surface area contributed by atoms with Gasteiger partial charge in [-0.15, -0.1) is 0 Å². The van der Waals surface area contributed by atoms with E-state index in [1.165, 1.54) is 33.1 Å². The number of methoxy groups -OCH3 is 1. The number of aliphatic hydroxyl groups is 1. The maximum atomic E-state index is 13.2. The highest BCUT2D eigenvalue weighted by atomic mass is 16.6. The molecule has 1 heterocycles. The van der Waals surface area contributed by atoms with Crippen molar-refractivity contribution in [3.05, 3.63) is 35.5 Å². The summed E-state index contributed by atoms with van der Waals surface area (Å²) in [4.78, 5) is 63.3. The van der Waals surface area contributed by atoms with Gasteiger partial charge in [0.2, 0.25) is 0 Å². The Balaban J connectivity index is 1.82.